The fourth-order valence-electron chi connectivity index (χ4n) is 2.13. The first kappa shape index (κ1) is 21.1. The van der Waals surface area contributed by atoms with Gasteiger partial charge in [0.25, 0.3) is 5.91 Å². The standard InChI is InChI=1S/C17H26N2O5S/c1-5-13(4)18-16(20)12-24-17(21)14-9-8-10-15(11-14)25(22,23)19(6-2)7-3/h8-11,13H,5-7,12H2,1-4H3,(H,18,20)/t13-/m1/s1. The molecular formula is C17H26N2O5S. The van der Waals surface area contributed by atoms with Crippen LogP contribution in [-0.4, -0.2) is 50.3 Å². The smallest absolute Gasteiger partial charge is 0.338 e. The number of hydrogen-bond acceptors (Lipinski definition) is 5. The highest BCUT2D eigenvalue weighted by atomic mass is 32.2. The van der Waals surface area contributed by atoms with Crippen molar-refractivity contribution in [1.82, 2.24) is 9.62 Å². The lowest BCUT2D eigenvalue weighted by Gasteiger charge is -2.18. The molecule has 0 fully saturated rings. The van der Waals surface area contributed by atoms with Gasteiger partial charge in [-0.05, 0) is 31.5 Å². The van der Waals surface area contributed by atoms with Gasteiger partial charge < -0.3 is 10.1 Å². The van der Waals surface area contributed by atoms with Crippen LogP contribution in [-0.2, 0) is 19.6 Å². The Morgan fingerprint density at radius 3 is 2.40 bits per heavy atom. The van der Waals surface area contributed by atoms with Crippen LogP contribution in [0.4, 0.5) is 0 Å². The van der Waals surface area contributed by atoms with E-state index in [9.17, 15) is 18.0 Å². The molecule has 0 aliphatic heterocycles. The molecule has 0 aromatic heterocycles. The second kappa shape index (κ2) is 9.53. The molecule has 140 valence electrons. The minimum atomic E-state index is -3.66. The average Bonchev–Trinajstić information content (AvgIpc) is 2.60. The van der Waals surface area contributed by atoms with Gasteiger partial charge in [0.2, 0.25) is 10.0 Å². The average molecular weight is 370 g/mol. The molecule has 0 aliphatic rings. The lowest BCUT2D eigenvalue weighted by Crippen LogP contribution is -2.35. The summed E-state index contributed by atoms with van der Waals surface area (Å²) in [6.45, 7) is 7.53. The minimum Gasteiger partial charge on any atom is -0.452 e. The van der Waals surface area contributed by atoms with Gasteiger partial charge in [0.05, 0.1) is 10.5 Å². The zero-order valence-corrected chi connectivity index (χ0v) is 15.9. The maximum atomic E-state index is 12.5. The molecule has 0 spiro atoms. The van der Waals surface area contributed by atoms with Crippen LogP contribution in [0.5, 0.6) is 0 Å². The highest BCUT2D eigenvalue weighted by Crippen LogP contribution is 2.17. The van der Waals surface area contributed by atoms with E-state index < -0.39 is 28.5 Å². The molecule has 1 amide bonds. The Hall–Kier alpha value is -1.93. The summed E-state index contributed by atoms with van der Waals surface area (Å²) in [4.78, 5) is 23.8. The van der Waals surface area contributed by atoms with E-state index in [4.69, 9.17) is 4.74 Å². The Morgan fingerprint density at radius 1 is 1.20 bits per heavy atom. The van der Waals surface area contributed by atoms with Crippen molar-refractivity contribution in [3.05, 3.63) is 29.8 Å². The Balaban J connectivity index is 2.84. The van der Waals surface area contributed by atoms with Gasteiger partial charge in [-0.1, -0.05) is 26.8 Å². The normalized spacial score (nSPS) is 12.7. The summed E-state index contributed by atoms with van der Waals surface area (Å²) in [7, 11) is -3.66. The largest absolute Gasteiger partial charge is 0.452 e. The molecule has 1 aromatic carbocycles. The predicted octanol–water partition coefficient (Wildman–Crippen LogP) is 1.79. The number of ether oxygens (including phenoxy) is 1. The van der Waals surface area contributed by atoms with Crippen LogP contribution in [0.15, 0.2) is 29.2 Å². The monoisotopic (exact) mass is 370 g/mol. The maximum absolute atomic E-state index is 12.5. The number of carbonyl (C=O) groups is 2. The van der Waals surface area contributed by atoms with Crippen molar-refractivity contribution in [3.8, 4) is 0 Å². The first-order chi connectivity index (χ1) is 11.8. The van der Waals surface area contributed by atoms with Crippen LogP contribution in [0.25, 0.3) is 0 Å². The number of benzene rings is 1. The van der Waals surface area contributed by atoms with Gasteiger partial charge in [-0.15, -0.1) is 0 Å². The van der Waals surface area contributed by atoms with Gasteiger partial charge in [-0.25, -0.2) is 13.2 Å². The van der Waals surface area contributed by atoms with E-state index in [1.165, 1.54) is 28.6 Å². The van der Waals surface area contributed by atoms with Crippen molar-refractivity contribution in [2.24, 2.45) is 0 Å². The molecule has 8 heteroatoms. The van der Waals surface area contributed by atoms with Gasteiger partial charge in [-0.2, -0.15) is 4.31 Å². The molecule has 0 bridgehead atoms. The van der Waals surface area contributed by atoms with Gasteiger partial charge in [0.1, 0.15) is 0 Å². The summed E-state index contributed by atoms with van der Waals surface area (Å²) in [5.74, 6) is -1.13. The van der Waals surface area contributed by atoms with E-state index in [0.29, 0.717) is 13.1 Å². The first-order valence-electron chi connectivity index (χ1n) is 8.32. The molecule has 0 heterocycles. The number of amides is 1. The second-order valence-corrected chi connectivity index (χ2v) is 7.51. The van der Waals surface area contributed by atoms with E-state index in [-0.39, 0.29) is 16.5 Å². The van der Waals surface area contributed by atoms with Crippen LogP contribution in [0.3, 0.4) is 0 Å². The zero-order chi connectivity index (χ0) is 19.0. The maximum Gasteiger partial charge on any atom is 0.338 e. The molecule has 0 saturated heterocycles. The third kappa shape index (κ3) is 5.82. The number of carbonyl (C=O) groups excluding carboxylic acids is 2. The second-order valence-electron chi connectivity index (χ2n) is 5.57. The molecule has 0 radical (unpaired) electrons. The number of rotatable bonds is 9. The molecule has 1 N–H and O–H groups in total. The minimum absolute atomic E-state index is 0.00579. The molecular weight excluding hydrogens is 344 g/mol. The lowest BCUT2D eigenvalue weighted by atomic mass is 10.2. The third-order valence-corrected chi connectivity index (χ3v) is 5.81. The summed E-state index contributed by atoms with van der Waals surface area (Å²) < 4.78 is 31.3. The summed E-state index contributed by atoms with van der Waals surface area (Å²) in [6.07, 6.45) is 0.769. The van der Waals surface area contributed by atoms with E-state index >= 15 is 0 Å². The summed E-state index contributed by atoms with van der Waals surface area (Å²) >= 11 is 0. The molecule has 25 heavy (non-hydrogen) atoms. The highest BCUT2D eigenvalue weighted by Gasteiger charge is 2.23. The lowest BCUT2D eigenvalue weighted by molar-refractivity contribution is -0.124. The Morgan fingerprint density at radius 2 is 1.84 bits per heavy atom. The Bertz CT molecular complexity index is 699. The number of hydrogen-bond donors (Lipinski definition) is 1. The fraction of sp³-hybridized carbons (Fsp3) is 0.529. The number of sulfonamides is 1. The topological polar surface area (TPSA) is 92.8 Å². The molecule has 7 nitrogen and oxygen atoms in total. The molecule has 0 aliphatic carbocycles. The SMILES string of the molecule is CC[C@@H](C)NC(=O)COC(=O)c1cccc(S(=O)(=O)N(CC)CC)c1. The van der Waals surface area contributed by atoms with Crippen molar-refractivity contribution in [2.75, 3.05) is 19.7 Å². The fourth-order valence-corrected chi connectivity index (χ4v) is 3.63. The van der Waals surface area contributed by atoms with Crippen molar-refractivity contribution in [1.29, 1.82) is 0 Å². The molecule has 1 rings (SSSR count). The number of esters is 1. The third-order valence-electron chi connectivity index (χ3n) is 3.77. The zero-order valence-electron chi connectivity index (χ0n) is 15.1. The van der Waals surface area contributed by atoms with E-state index in [1.807, 2.05) is 13.8 Å². The first-order valence-corrected chi connectivity index (χ1v) is 9.76. The van der Waals surface area contributed by atoms with Gasteiger partial charge in [-0.3, -0.25) is 4.79 Å². The van der Waals surface area contributed by atoms with Gasteiger partial charge in [0.15, 0.2) is 6.61 Å². The van der Waals surface area contributed by atoms with Crippen molar-refractivity contribution < 1.29 is 22.7 Å². The molecule has 0 saturated carbocycles. The van der Waals surface area contributed by atoms with Crippen LogP contribution in [0.1, 0.15) is 44.5 Å². The van der Waals surface area contributed by atoms with Gasteiger partial charge in [0, 0.05) is 19.1 Å². The van der Waals surface area contributed by atoms with E-state index in [2.05, 4.69) is 5.32 Å². The van der Waals surface area contributed by atoms with Crippen LogP contribution < -0.4 is 5.32 Å². The quantitative estimate of drug-likeness (QED) is 0.669. The van der Waals surface area contributed by atoms with Gasteiger partial charge >= 0.3 is 5.97 Å². The van der Waals surface area contributed by atoms with Crippen molar-refractivity contribution in [3.63, 3.8) is 0 Å². The molecule has 0 unspecified atom stereocenters. The molecule has 1 atom stereocenters. The predicted molar refractivity (Wildman–Crippen MR) is 94.7 cm³/mol. The van der Waals surface area contributed by atoms with E-state index in [0.717, 1.165) is 6.42 Å². The Labute approximate surface area is 149 Å². The number of nitrogens with one attached hydrogen (secondary N) is 1. The van der Waals surface area contributed by atoms with Crippen molar-refractivity contribution >= 4 is 21.9 Å². The Kier molecular flexibility index (Phi) is 8.05. The van der Waals surface area contributed by atoms with Crippen LogP contribution >= 0.6 is 0 Å². The van der Waals surface area contributed by atoms with E-state index in [1.54, 1.807) is 13.8 Å². The van der Waals surface area contributed by atoms with Crippen LogP contribution in [0.2, 0.25) is 0 Å². The summed E-state index contributed by atoms with van der Waals surface area (Å²) in [6, 6.07) is 5.62. The van der Waals surface area contributed by atoms with Crippen LogP contribution in [0, 0.1) is 0 Å². The van der Waals surface area contributed by atoms with Crippen molar-refractivity contribution in [2.45, 2.75) is 45.1 Å². The summed E-state index contributed by atoms with van der Waals surface area (Å²) in [5, 5.41) is 2.68. The number of nitrogens with zero attached hydrogens (tertiary/aromatic N) is 1. The highest BCUT2D eigenvalue weighted by molar-refractivity contribution is 7.89. The summed E-state index contributed by atoms with van der Waals surface area (Å²) in [5.41, 5.74) is 0.0876. The molecule has 1 aromatic rings.